The van der Waals surface area contributed by atoms with Crippen LogP contribution in [0.4, 0.5) is 0 Å². The number of aliphatic carboxylic acids is 2. The van der Waals surface area contributed by atoms with Crippen LogP contribution in [0.25, 0.3) is 0 Å². The second-order valence-electron chi connectivity index (χ2n) is 18.8. The van der Waals surface area contributed by atoms with Crippen LogP contribution in [0.5, 0.6) is 0 Å². The number of hydrogen-bond donors (Lipinski definition) is 0. The fourth-order valence-electron chi connectivity index (χ4n) is 7.76. The second-order valence-corrected chi connectivity index (χ2v) is 23.1. The fraction of sp³-hybridized carbons (Fsp3) is 0.833. The zero-order chi connectivity index (χ0) is 48.0. The van der Waals surface area contributed by atoms with Crippen LogP contribution in [0.1, 0.15) is 310 Å². The van der Waals surface area contributed by atoms with Gasteiger partial charge in [-0.05, 0) is 89.9 Å². The molecule has 0 aromatic heterocycles. The minimum absolute atomic E-state index is 0.0377. The number of allylic oxidation sites excluding steroid dienone is 8. The Morgan fingerprint density at radius 2 is 0.508 bits per heavy atom. The van der Waals surface area contributed by atoms with E-state index in [1.165, 1.54) is 193 Å². The summed E-state index contributed by atoms with van der Waals surface area (Å²) in [6, 6.07) is 0. The Hall–Kier alpha value is -1.30. The van der Waals surface area contributed by atoms with Crippen LogP contribution in [0.15, 0.2) is 48.6 Å². The molecule has 0 aliphatic rings. The van der Waals surface area contributed by atoms with Gasteiger partial charge < -0.3 is 19.8 Å². The van der Waals surface area contributed by atoms with Gasteiger partial charge in [-0.15, -0.1) is 0 Å². The number of carboxylic acid groups (broad SMARTS) is 2. The van der Waals surface area contributed by atoms with Crippen LogP contribution in [0.3, 0.4) is 0 Å². The van der Waals surface area contributed by atoms with Gasteiger partial charge in [0.05, 0.1) is 0 Å². The molecule has 0 aromatic carbocycles. The summed E-state index contributed by atoms with van der Waals surface area (Å²) in [5.74, 6) is -1.84. The Labute approximate surface area is 418 Å². The van der Waals surface area contributed by atoms with E-state index in [2.05, 4.69) is 76.3 Å². The molecule has 0 amide bonds. The topological polar surface area (TPSA) is 80.3 Å². The molecule has 0 aliphatic carbocycles. The van der Waals surface area contributed by atoms with Crippen LogP contribution >= 0.6 is 0 Å². The fourth-order valence-corrected chi connectivity index (χ4v) is 11.3. The van der Waals surface area contributed by atoms with Gasteiger partial charge in [-0.25, -0.2) is 0 Å². The number of rotatable bonds is 50. The van der Waals surface area contributed by atoms with Gasteiger partial charge in [0, 0.05) is 11.9 Å². The molecule has 0 saturated carbocycles. The van der Waals surface area contributed by atoms with E-state index in [-0.39, 0.29) is 34.0 Å². The molecular formula is C60H112O4Sn. The van der Waals surface area contributed by atoms with Crippen molar-refractivity contribution in [2.75, 3.05) is 0 Å². The second kappa shape index (κ2) is 67.0. The van der Waals surface area contributed by atoms with Gasteiger partial charge in [-0.3, -0.25) is 0 Å². The van der Waals surface area contributed by atoms with Crippen molar-refractivity contribution in [1.29, 1.82) is 0 Å². The standard InChI is InChI=1S/2C18H32O2.2C12H25.Sn/c2*1-2-3-4-5-6-7-8-9-10-11-12-13-14-15-16-17-18(19)20;2*1-3-5-7-9-11-12-10-8-6-4-2;/h2*6-7,9-10H,2-5,8,11-17H2,1H3,(H,19,20);2*1,3-12H2,2H3;/q;;;;+2/p-2/b2*7-6-,10-9-;;;. The third-order valence-electron chi connectivity index (χ3n) is 12.1. The molecule has 0 fully saturated rings. The van der Waals surface area contributed by atoms with Gasteiger partial charge in [0.1, 0.15) is 0 Å². The van der Waals surface area contributed by atoms with E-state index < -0.39 is 11.9 Å². The van der Waals surface area contributed by atoms with E-state index in [0.717, 1.165) is 64.2 Å². The van der Waals surface area contributed by atoms with E-state index in [1.54, 1.807) is 21.7 Å². The van der Waals surface area contributed by atoms with Crippen molar-refractivity contribution in [2.24, 2.45) is 0 Å². The first-order valence-corrected chi connectivity index (χ1v) is 32.7. The molecule has 0 heterocycles. The van der Waals surface area contributed by atoms with Gasteiger partial charge in [-0.2, -0.15) is 0 Å². The quantitative estimate of drug-likeness (QED) is 0.0345. The molecule has 0 radical (unpaired) electrons. The Bertz CT molecular complexity index is 923. The summed E-state index contributed by atoms with van der Waals surface area (Å²) in [6.07, 6.45) is 73.7. The average Bonchev–Trinajstić information content (AvgIpc) is 3.29. The summed E-state index contributed by atoms with van der Waals surface area (Å²) in [5.41, 5.74) is 0. The summed E-state index contributed by atoms with van der Waals surface area (Å²) in [5, 5.41) is 20.4. The Morgan fingerprint density at radius 3 is 0.785 bits per heavy atom. The maximum absolute atomic E-state index is 10.2. The molecular weight excluding hydrogens is 903 g/mol. The summed E-state index contributed by atoms with van der Waals surface area (Å²) in [7, 11) is 0. The maximum atomic E-state index is 10.2. The van der Waals surface area contributed by atoms with Crippen LogP contribution in [-0.4, -0.2) is 33.1 Å². The van der Waals surface area contributed by atoms with Crippen LogP contribution in [0, 0.1) is 0 Å². The van der Waals surface area contributed by atoms with Crippen molar-refractivity contribution in [1.82, 2.24) is 0 Å². The van der Waals surface area contributed by atoms with Crippen molar-refractivity contribution in [2.45, 2.75) is 319 Å². The molecule has 0 bridgehead atoms. The summed E-state index contributed by atoms with van der Waals surface area (Å²) in [6.45, 7) is 9.08. The molecule has 0 atom stereocenters. The molecule has 380 valence electrons. The zero-order valence-corrected chi connectivity index (χ0v) is 47.1. The first kappa shape index (κ1) is 68.0. The molecule has 0 saturated heterocycles. The monoisotopic (exact) mass is 1020 g/mol. The molecule has 0 spiro atoms. The first-order chi connectivity index (χ1) is 32.0. The molecule has 0 aliphatic heterocycles. The van der Waals surface area contributed by atoms with E-state index in [0.29, 0.717) is 0 Å². The third-order valence-corrected chi connectivity index (χ3v) is 16.1. The van der Waals surface area contributed by atoms with Crippen molar-refractivity contribution in [3.05, 3.63) is 48.6 Å². The average molecular weight is 1020 g/mol. The van der Waals surface area contributed by atoms with E-state index >= 15 is 0 Å². The van der Waals surface area contributed by atoms with Crippen molar-refractivity contribution >= 4 is 33.1 Å². The van der Waals surface area contributed by atoms with Gasteiger partial charge in [0.15, 0.2) is 0 Å². The molecule has 4 nitrogen and oxygen atoms in total. The van der Waals surface area contributed by atoms with Crippen molar-refractivity contribution in [3.8, 4) is 0 Å². The normalized spacial score (nSPS) is 11.4. The van der Waals surface area contributed by atoms with E-state index in [4.69, 9.17) is 0 Å². The SMILES string of the molecule is CCCCC/C=C\C/C=C\CCCCCCCC(=O)[O-].CCCCC/C=C\C/C=C\CCCCCCCC(=O)[O-].CCCCCCCCCCC[CH2][Sn+2][CH2]CCCCCCCCCCC. The number of carboxylic acids is 2. The molecule has 0 rings (SSSR count). The molecule has 65 heavy (non-hydrogen) atoms. The molecule has 0 unspecified atom stereocenters. The van der Waals surface area contributed by atoms with E-state index in [9.17, 15) is 19.8 Å². The van der Waals surface area contributed by atoms with Crippen LogP contribution in [0.2, 0.25) is 8.87 Å². The number of carbonyl (C=O) groups excluding carboxylic acids is 2. The number of hydrogen-bond acceptors (Lipinski definition) is 4. The predicted octanol–water partition coefficient (Wildman–Crippen LogP) is 18.5. The van der Waals surface area contributed by atoms with Gasteiger partial charge in [0.2, 0.25) is 0 Å². The van der Waals surface area contributed by atoms with Crippen molar-refractivity contribution < 1.29 is 19.8 Å². The molecule has 0 aromatic rings. The van der Waals surface area contributed by atoms with E-state index in [1.807, 2.05) is 0 Å². The van der Waals surface area contributed by atoms with Crippen LogP contribution in [-0.2, 0) is 9.59 Å². The predicted molar refractivity (Wildman–Crippen MR) is 288 cm³/mol. The Kier molecular flexibility index (Phi) is 70.0. The zero-order valence-electron chi connectivity index (χ0n) is 44.3. The van der Waals surface area contributed by atoms with Crippen molar-refractivity contribution in [3.63, 3.8) is 0 Å². The van der Waals surface area contributed by atoms with Gasteiger partial charge in [-0.1, -0.05) is 127 Å². The summed E-state index contributed by atoms with van der Waals surface area (Å²) < 4.78 is 3.33. The number of unbranched alkanes of at least 4 members (excludes halogenated alkanes) is 34. The molecule has 0 N–H and O–H groups in total. The summed E-state index contributed by atoms with van der Waals surface area (Å²) in [4.78, 5) is 20.4. The number of carbonyl (C=O) groups is 2. The third kappa shape index (κ3) is 77.2. The first-order valence-electron chi connectivity index (χ1n) is 28.7. The molecule has 5 heteroatoms. The Morgan fingerprint density at radius 1 is 0.292 bits per heavy atom. The summed E-state index contributed by atoms with van der Waals surface area (Å²) >= 11 is 0.0377. The van der Waals surface area contributed by atoms with Gasteiger partial charge in [0.25, 0.3) is 0 Å². The Balaban J connectivity index is -0.000000896. The van der Waals surface area contributed by atoms with Crippen LogP contribution < -0.4 is 10.2 Å². The minimum atomic E-state index is -0.921. The van der Waals surface area contributed by atoms with Gasteiger partial charge >= 0.3 is 172 Å².